The number of Topliss-reactive ketones (excluding diaryl/α,β-unsaturated/α-hetero) is 1. The fourth-order valence-corrected chi connectivity index (χ4v) is 5.39. The first-order chi connectivity index (χ1) is 18.1. The largest absolute Gasteiger partial charge is 0.444 e. The first-order valence-electron chi connectivity index (χ1n) is 13.7. The summed E-state index contributed by atoms with van der Waals surface area (Å²) in [5.74, 6) is -0.638. The molecule has 3 fully saturated rings. The molecule has 1 aliphatic carbocycles. The van der Waals surface area contributed by atoms with Crippen molar-refractivity contribution < 1.29 is 28.8 Å². The van der Waals surface area contributed by atoms with Crippen LogP contribution in [0.2, 0.25) is 0 Å². The number of hydroxylamine groups is 2. The average Bonchev–Trinajstić information content (AvgIpc) is 3.13. The summed E-state index contributed by atoms with van der Waals surface area (Å²) in [6, 6.07) is 8.47. The van der Waals surface area contributed by atoms with Crippen LogP contribution in [-0.4, -0.2) is 82.0 Å². The van der Waals surface area contributed by atoms with Crippen molar-refractivity contribution in [3.8, 4) is 0 Å². The van der Waals surface area contributed by atoms with Crippen LogP contribution in [0.25, 0.3) is 0 Å². The highest BCUT2D eigenvalue weighted by Gasteiger charge is 2.48. The third-order valence-corrected chi connectivity index (χ3v) is 7.29. The lowest BCUT2D eigenvalue weighted by molar-refractivity contribution is -0.140. The molecule has 208 valence electrons. The van der Waals surface area contributed by atoms with Gasteiger partial charge in [0.1, 0.15) is 18.2 Å². The van der Waals surface area contributed by atoms with E-state index in [1.165, 1.54) is 14.9 Å². The predicted molar refractivity (Wildman–Crippen MR) is 140 cm³/mol. The Labute approximate surface area is 224 Å². The maximum Gasteiger partial charge on any atom is 0.410 e. The van der Waals surface area contributed by atoms with Crippen LogP contribution in [-0.2, 0) is 25.8 Å². The van der Waals surface area contributed by atoms with Gasteiger partial charge >= 0.3 is 12.1 Å². The summed E-state index contributed by atoms with van der Waals surface area (Å²) in [4.78, 5) is 60.6. The number of carbonyl (C=O) groups excluding carboxylic acids is 4. The summed E-state index contributed by atoms with van der Waals surface area (Å²) in [6.45, 7) is 5.76. The SMILES string of the molecule is CC(C)(C)OC(=O)N(CC(=O)CNC(=O)[C@@H]1CC[C@@H]2CN1C(=O)N2OCc1ccccc1)C1CCCCC1. The summed E-state index contributed by atoms with van der Waals surface area (Å²) < 4.78 is 5.56. The number of piperidine rings is 1. The number of nitrogens with zero attached hydrogens (tertiary/aromatic N) is 3. The highest BCUT2D eigenvalue weighted by Crippen LogP contribution is 2.30. The molecule has 38 heavy (non-hydrogen) atoms. The molecule has 1 saturated carbocycles. The summed E-state index contributed by atoms with van der Waals surface area (Å²) in [6.07, 6.45) is 5.44. The van der Waals surface area contributed by atoms with Crippen molar-refractivity contribution in [2.75, 3.05) is 19.6 Å². The molecule has 0 spiro atoms. The number of ether oxygens (including phenoxy) is 1. The molecule has 3 aliphatic rings. The van der Waals surface area contributed by atoms with Crippen LogP contribution < -0.4 is 5.32 Å². The Morgan fingerprint density at radius 1 is 1.03 bits per heavy atom. The molecule has 2 atom stereocenters. The second kappa shape index (κ2) is 12.1. The van der Waals surface area contributed by atoms with Gasteiger partial charge in [0, 0.05) is 12.6 Å². The van der Waals surface area contributed by atoms with Gasteiger partial charge in [-0.25, -0.2) is 9.59 Å². The number of urea groups is 1. The van der Waals surface area contributed by atoms with Crippen molar-refractivity contribution in [1.82, 2.24) is 20.2 Å². The zero-order chi connectivity index (χ0) is 27.3. The van der Waals surface area contributed by atoms with Gasteiger partial charge in [0.05, 0.1) is 19.1 Å². The molecular formula is C28H40N4O6. The van der Waals surface area contributed by atoms with E-state index in [1.54, 1.807) is 20.8 Å². The maximum atomic E-state index is 13.0. The lowest BCUT2D eigenvalue weighted by Crippen LogP contribution is -2.52. The summed E-state index contributed by atoms with van der Waals surface area (Å²) >= 11 is 0. The number of amides is 4. The number of hydrogen-bond donors (Lipinski definition) is 1. The maximum absolute atomic E-state index is 13.0. The molecule has 0 radical (unpaired) electrons. The third-order valence-electron chi connectivity index (χ3n) is 7.29. The first kappa shape index (κ1) is 27.9. The van der Waals surface area contributed by atoms with Gasteiger partial charge < -0.3 is 15.0 Å². The normalized spacial score (nSPS) is 21.8. The van der Waals surface area contributed by atoms with E-state index in [9.17, 15) is 19.2 Å². The number of benzene rings is 1. The lowest BCUT2D eigenvalue weighted by Gasteiger charge is -2.35. The van der Waals surface area contributed by atoms with Gasteiger partial charge in [-0.15, -0.1) is 0 Å². The number of rotatable bonds is 9. The van der Waals surface area contributed by atoms with E-state index in [-0.39, 0.29) is 49.5 Å². The van der Waals surface area contributed by atoms with Crippen LogP contribution in [0.5, 0.6) is 0 Å². The molecule has 4 rings (SSSR count). The lowest BCUT2D eigenvalue weighted by atomic mass is 9.94. The Balaban J connectivity index is 1.29. The first-order valence-corrected chi connectivity index (χ1v) is 13.7. The van der Waals surface area contributed by atoms with Crippen LogP contribution >= 0.6 is 0 Å². The van der Waals surface area contributed by atoms with Gasteiger partial charge in [-0.1, -0.05) is 49.6 Å². The third kappa shape index (κ3) is 7.03. The van der Waals surface area contributed by atoms with Gasteiger partial charge in [-0.05, 0) is 52.0 Å². The Hall–Kier alpha value is -3.14. The molecule has 1 aromatic rings. The zero-order valence-corrected chi connectivity index (χ0v) is 22.7. The average molecular weight is 529 g/mol. The number of fused-ring (bicyclic) bond motifs is 2. The fraction of sp³-hybridized carbons (Fsp3) is 0.643. The minimum atomic E-state index is -0.666. The molecule has 2 saturated heterocycles. The van der Waals surface area contributed by atoms with Crippen molar-refractivity contribution in [2.24, 2.45) is 0 Å². The minimum Gasteiger partial charge on any atom is -0.444 e. The number of ketones is 1. The molecule has 1 N–H and O–H groups in total. The molecule has 10 heteroatoms. The molecule has 4 amide bonds. The number of nitrogens with one attached hydrogen (secondary N) is 1. The topological polar surface area (TPSA) is 108 Å². The molecule has 0 aromatic heterocycles. The van der Waals surface area contributed by atoms with Gasteiger partial charge in [0.15, 0.2) is 5.78 Å². The van der Waals surface area contributed by atoms with Crippen LogP contribution in [0.15, 0.2) is 30.3 Å². The molecule has 1 aromatic carbocycles. The summed E-state index contributed by atoms with van der Waals surface area (Å²) in [7, 11) is 0. The van der Waals surface area contributed by atoms with Crippen LogP contribution in [0.1, 0.15) is 71.3 Å². The number of hydrogen-bond acceptors (Lipinski definition) is 6. The highest BCUT2D eigenvalue weighted by atomic mass is 16.7. The molecule has 0 unspecified atom stereocenters. The van der Waals surface area contributed by atoms with Gasteiger partial charge in [-0.3, -0.25) is 19.3 Å². The smallest absolute Gasteiger partial charge is 0.410 e. The van der Waals surface area contributed by atoms with Crippen molar-refractivity contribution in [1.29, 1.82) is 0 Å². The zero-order valence-electron chi connectivity index (χ0n) is 22.7. The van der Waals surface area contributed by atoms with E-state index in [1.807, 2.05) is 30.3 Å². The highest BCUT2D eigenvalue weighted by molar-refractivity contribution is 5.93. The Bertz CT molecular complexity index is 1000. The van der Waals surface area contributed by atoms with Gasteiger partial charge in [0.2, 0.25) is 5.91 Å². The molecule has 2 aliphatic heterocycles. The Morgan fingerprint density at radius 3 is 2.42 bits per heavy atom. The quantitative estimate of drug-likeness (QED) is 0.524. The molecule has 2 bridgehead atoms. The summed E-state index contributed by atoms with van der Waals surface area (Å²) in [5.41, 5.74) is 0.291. The van der Waals surface area contributed by atoms with E-state index in [0.29, 0.717) is 19.4 Å². The van der Waals surface area contributed by atoms with Crippen LogP contribution in [0, 0.1) is 0 Å². The van der Waals surface area contributed by atoms with Crippen LogP contribution in [0.4, 0.5) is 9.59 Å². The van der Waals surface area contributed by atoms with E-state index in [0.717, 1.165) is 37.7 Å². The Morgan fingerprint density at radius 2 is 1.74 bits per heavy atom. The molecular weight excluding hydrogens is 488 g/mol. The van der Waals surface area contributed by atoms with E-state index < -0.39 is 17.7 Å². The van der Waals surface area contributed by atoms with Crippen LogP contribution in [0.3, 0.4) is 0 Å². The minimum absolute atomic E-state index is 0.0439. The van der Waals surface area contributed by atoms with Gasteiger partial charge in [-0.2, -0.15) is 5.06 Å². The second-order valence-corrected chi connectivity index (χ2v) is 11.4. The van der Waals surface area contributed by atoms with Crippen molar-refractivity contribution >= 4 is 23.8 Å². The second-order valence-electron chi connectivity index (χ2n) is 11.4. The standard InChI is InChI=1S/C28H40N4O6/c1-28(2,3)38-27(36)30(21-12-8-5-9-13-21)18-23(33)16-29-25(34)24-15-14-22-17-31(24)26(35)32(22)37-19-20-10-6-4-7-11-20/h4,6-7,10-11,21-22,24H,5,8-9,12-19H2,1-3H3,(H,29,34)/t22-,24+/m1/s1. The summed E-state index contributed by atoms with van der Waals surface area (Å²) in [5, 5.41) is 4.09. The predicted octanol–water partition coefficient (Wildman–Crippen LogP) is 3.64. The van der Waals surface area contributed by atoms with E-state index >= 15 is 0 Å². The monoisotopic (exact) mass is 528 g/mol. The van der Waals surface area contributed by atoms with E-state index in [4.69, 9.17) is 9.57 Å². The van der Waals surface area contributed by atoms with Gasteiger partial charge in [0.25, 0.3) is 0 Å². The Kier molecular flexibility index (Phi) is 8.91. The van der Waals surface area contributed by atoms with Crippen molar-refractivity contribution in [3.63, 3.8) is 0 Å². The molecule has 10 nitrogen and oxygen atoms in total. The molecule has 2 heterocycles. The van der Waals surface area contributed by atoms with Crippen molar-refractivity contribution in [2.45, 2.75) is 96.1 Å². The fourth-order valence-electron chi connectivity index (χ4n) is 5.39. The van der Waals surface area contributed by atoms with Crippen molar-refractivity contribution in [3.05, 3.63) is 35.9 Å². The number of carbonyl (C=O) groups is 4. The van der Waals surface area contributed by atoms with E-state index in [2.05, 4.69) is 5.32 Å².